The number of allylic oxidation sites excluding steroid dienone is 1. The van der Waals surface area contributed by atoms with Gasteiger partial charge in [0.25, 0.3) is 0 Å². The van der Waals surface area contributed by atoms with E-state index in [0.717, 1.165) is 43.3 Å². The highest BCUT2D eigenvalue weighted by molar-refractivity contribution is 6.30. The van der Waals surface area contributed by atoms with E-state index in [4.69, 9.17) is 11.6 Å². The van der Waals surface area contributed by atoms with Crippen LogP contribution in [0.2, 0.25) is 5.02 Å². The Morgan fingerprint density at radius 2 is 1.92 bits per heavy atom. The second-order valence-electron chi connectivity index (χ2n) is 6.85. The van der Waals surface area contributed by atoms with Gasteiger partial charge in [-0.1, -0.05) is 24.6 Å². The van der Waals surface area contributed by atoms with Crippen molar-refractivity contribution in [2.45, 2.75) is 19.3 Å². The summed E-state index contributed by atoms with van der Waals surface area (Å²) in [7, 11) is 2.18. The molecule has 5 heteroatoms. The first-order valence-electron chi connectivity index (χ1n) is 8.61. The summed E-state index contributed by atoms with van der Waals surface area (Å²) in [6.45, 7) is 6.55. The number of rotatable bonds is 1. The van der Waals surface area contributed by atoms with Gasteiger partial charge in [-0.25, -0.2) is 4.68 Å². The van der Waals surface area contributed by atoms with E-state index in [1.165, 1.54) is 16.9 Å². The summed E-state index contributed by atoms with van der Waals surface area (Å²) >= 11 is 6.29. The van der Waals surface area contributed by atoms with Gasteiger partial charge in [0.05, 0.1) is 11.9 Å². The van der Waals surface area contributed by atoms with Crippen molar-refractivity contribution in [1.29, 1.82) is 0 Å². The van der Waals surface area contributed by atoms with Gasteiger partial charge in [0.1, 0.15) is 5.82 Å². The topological polar surface area (TPSA) is 24.3 Å². The number of halogens is 1. The van der Waals surface area contributed by atoms with E-state index in [1.54, 1.807) is 0 Å². The van der Waals surface area contributed by atoms with Gasteiger partial charge in [-0.2, -0.15) is 5.10 Å². The van der Waals surface area contributed by atoms with Crippen LogP contribution in [0.15, 0.2) is 36.5 Å². The average Bonchev–Trinajstić information content (AvgIpc) is 3.04. The van der Waals surface area contributed by atoms with Crippen LogP contribution in [0, 0.1) is 0 Å². The number of hydrogen-bond acceptors (Lipinski definition) is 3. The minimum Gasteiger partial charge on any atom is -0.354 e. The maximum Gasteiger partial charge on any atom is 0.126 e. The minimum absolute atomic E-state index is 0.461. The Kier molecular flexibility index (Phi) is 4.10. The van der Waals surface area contributed by atoms with Gasteiger partial charge < -0.3 is 9.80 Å². The van der Waals surface area contributed by atoms with E-state index in [9.17, 15) is 0 Å². The molecule has 4 rings (SSSR count). The third-order valence-corrected chi connectivity index (χ3v) is 5.40. The molecule has 1 aromatic heterocycles. The first-order valence-corrected chi connectivity index (χ1v) is 8.99. The van der Waals surface area contributed by atoms with E-state index in [2.05, 4.69) is 57.8 Å². The quantitative estimate of drug-likeness (QED) is 0.788. The highest BCUT2D eigenvalue weighted by atomic mass is 35.5. The monoisotopic (exact) mass is 342 g/mol. The van der Waals surface area contributed by atoms with E-state index >= 15 is 0 Å². The van der Waals surface area contributed by atoms with Crippen LogP contribution >= 0.6 is 11.6 Å². The minimum atomic E-state index is 0.461. The van der Waals surface area contributed by atoms with Crippen LogP contribution < -0.4 is 0 Å². The Hall–Kier alpha value is -1.78. The van der Waals surface area contributed by atoms with Crippen LogP contribution in [0.3, 0.4) is 0 Å². The Labute approximate surface area is 148 Å². The van der Waals surface area contributed by atoms with Crippen LogP contribution in [0.5, 0.6) is 0 Å². The van der Waals surface area contributed by atoms with Crippen molar-refractivity contribution < 1.29 is 0 Å². The molecule has 0 saturated carbocycles. The van der Waals surface area contributed by atoms with Crippen molar-refractivity contribution >= 4 is 17.4 Å². The summed E-state index contributed by atoms with van der Waals surface area (Å²) in [6.07, 6.45) is 5.25. The third-order valence-electron chi connectivity index (χ3n) is 5.16. The zero-order valence-corrected chi connectivity index (χ0v) is 15.0. The molecule has 4 nitrogen and oxygen atoms in total. The molecule has 3 heterocycles. The number of nitrogens with zero attached hydrogens (tertiary/aromatic N) is 4. The second-order valence-corrected chi connectivity index (χ2v) is 7.29. The second kappa shape index (κ2) is 6.26. The van der Waals surface area contributed by atoms with Gasteiger partial charge in [-0.3, -0.25) is 0 Å². The smallest absolute Gasteiger partial charge is 0.126 e. The van der Waals surface area contributed by atoms with Crippen LogP contribution in [0.1, 0.15) is 24.8 Å². The number of hydrogen-bond donors (Lipinski definition) is 0. The summed E-state index contributed by atoms with van der Waals surface area (Å²) < 4.78 is 2.09. The van der Waals surface area contributed by atoms with Gasteiger partial charge in [0.15, 0.2) is 0 Å². The number of benzene rings is 1. The van der Waals surface area contributed by atoms with Crippen LogP contribution in [-0.4, -0.2) is 52.8 Å². The largest absolute Gasteiger partial charge is 0.354 e. The lowest BCUT2D eigenvalue weighted by molar-refractivity contribution is 0.200. The lowest BCUT2D eigenvalue weighted by Crippen LogP contribution is -2.44. The molecule has 2 aliphatic rings. The fourth-order valence-electron chi connectivity index (χ4n) is 3.66. The Balaban J connectivity index is 1.80. The predicted octanol–water partition coefficient (Wildman–Crippen LogP) is 3.76. The Morgan fingerprint density at radius 1 is 1.12 bits per heavy atom. The summed E-state index contributed by atoms with van der Waals surface area (Å²) in [5, 5.41) is 5.41. The first kappa shape index (κ1) is 15.7. The van der Waals surface area contributed by atoms with Crippen molar-refractivity contribution in [2.24, 2.45) is 0 Å². The molecule has 126 valence electrons. The lowest BCUT2D eigenvalue weighted by Gasteiger charge is -2.36. The van der Waals surface area contributed by atoms with Gasteiger partial charge in [-0.15, -0.1) is 0 Å². The SMILES string of the molecule is CC1CC=C(N2CCN(C)CC2)n2nccc2-c2cc(Cl)ccc21. The molecule has 0 aliphatic carbocycles. The normalized spacial score (nSPS) is 21.5. The molecule has 0 bridgehead atoms. The number of piperazine rings is 1. The van der Waals surface area contributed by atoms with E-state index in [0.29, 0.717) is 5.92 Å². The number of aromatic nitrogens is 2. The molecule has 0 spiro atoms. The molecule has 1 unspecified atom stereocenters. The van der Waals surface area contributed by atoms with Crippen LogP contribution in [0.4, 0.5) is 0 Å². The fourth-order valence-corrected chi connectivity index (χ4v) is 3.84. The maximum absolute atomic E-state index is 6.29. The lowest BCUT2D eigenvalue weighted by atomic mass is 9.90. The Morgan fingerprint density at radius 3 is 2.71 bits per heavy atom. The van der Waals surface area contributed by atoms with Gasteiger partial charge in [0.2, 0.25) is 0 Å². The zero-order valence-electron chi connectivity index (χ0n) is 14.2. The zero-order chi connectivity index (χ0) is 16.7. The van der Waals surface area contributed by atoms with Gasteiger partial charge in [0, 0.05) is 36.8 Å². The highest BCUT2D eigenvalue weighted by Gasteiger charge is 2.24. The molecule has 1 aromatic carbocycles. The van der Waals surface area contributed by atoms with E-state index in [1.807, 2.05) is 12.3 Å². The molecule has 24 heavy (non-hydrogen) atoms. The summed E-state index contributed by atoms with van der Waals surface area (Å²) in [6, 6.07) is 8.32. The molecule has 2 aromatic rings. The van der Waals surface area contributed by atoms with Crippen molar-refractivity contribution in [3.63, 3.8) is 0 Å². The van der Waals surface area contributed by atoms with E-state index < -0.39 is 0 Å². The van der Waals surface area contributed by atoms with Crippen molar-refractivity contribution in [3.05, 3.63) is 47.1 Å². The third kappa shape index (κ3) is 2.74. The highest BCUT2D eigenvalue weighted by Crippen LogP contribution is 2.37. The van der Waals surface area contributed by atoms with Crippen molar-refractivity contribution in [3.8, 4) is 11.3 Å². The van der Waals surface area contributed by atoms with Gasteiger partial charge >= 0.3 is 0 Å². The average molecular weight is 343 g/mol. The van der Waals surface area contributed by atoms with Gasteiger partial charge in [-0.05, 0) is 49.2 Å². The molecule has 1 atom stereocenters. The number of likely N-dealkylation sites (N-methyl/N-ethyl adjacent to an activating group) is 1. The molecule has 1 fully saturated rings. The van der Waals surface area contributed by atoms with E-state index in [-0.39, 0.29) is 0 Å². The number of fused-ring (bicyclic) bond motifs is 3. The molecular formula is C19H23ClN4. The van der Waals surface area contributed by atoms with Crippen molar-refractivity contribution in [1.82, 2.24) is 19.6 Å². The molecule has 1 saturated heterocycles. The standard InChI is InChI=1S/C19H23ClN4/c1-14-3-6-19(23-11-9-22(2)10-12-23)24-18(7-8-21-24)17-13-15(20)4-5-16(14)17/h4-8,13-14H,3,9-12H2,1-2H3. The first-order chi connectivity index (χ1) is 11.6. The molecule has 2 aliphatic heterocycles. The fraction of sp³-hybridized carbons (Fsp3) is 0.421. The summed E-state index contributed by atoms with van der Waals surface area (Å²) in [5.74, 6) is 1.67. The molecule has 0 amide bonds. The molecule has 0 N–H and O–H groups in total. The molecule has 0 radical (unpaired) electrons. The van der Waals surface area contributed by atoms with Crippen LogP contribution in [0.25, 0.3) is 17.1 Å². The summed E-state index contributed by atoms with van der Waals surface area (Å²) in [5.41, 5.74) is 3.67. The maximum atomic E-state index is 6.29. The predicted molar refractivity (Wildman–Crippen MR) is 99.0 cm³/mol. The van der Waals surface area contributed by atoms with Crippen LogP contribution in [-0.2, 0) is 0 Å². The van der Waals surface area contributed by atoms with Crippen molar-refractivity contribution in [2.75, 3.05) is 33.2 Å². The summed E-state index contributed by atoms with van der Waals surface area (Å²) in [4.78, 5) is 4.83. The Bertz CT molecular complexity index is 771. The molecular weight excluding hydrogens is 320 g/mol.